The number of nitrogens with zero attached hydrogens (tertiary/aromatic N) is 3. The van der Waals surface area contributed by atoms with Crippen LogP contribution in [0.3, 0.4) is 0 Å². The van der Waals surface area contributed by atoms with E-state index in [1.165, 1.54) is 0 Å². The Morgan fingerprint density at radius 2 is 1.84 bits per heavy atom. The molecule has 0 aliphatic carbocycles. The van der Waals surface area contributed by atoms with E-state index >= 15 is 0 Å². The molecule has 2 aromatic carbocycles. The molecule has 0 aliphatic rings. The highest BCUT2D eigenvalue weighted by molar-refractivity contribution is 5.96. The van der Waals surface area contributed by atoms with Crippen LogP contribution in [0, 0.1) is 20.8 Å². The predicted molar refractivity (Wildman–Crippen MR) is 96.3 cm³/mol. The van der Waals surface area contributed by atoms with Crippen molar-refractivity contribution in [3.05, 3.63) is 70.5 Å². The van der Waals surface area contributed by atoms with Gasteiger partial charge in [-0.3, -0.25) is 4.79 Å². The maximum Gasteiger partial charge on any atom is 0.235 e. The number of rotatable bonds is 5. The highest BCUT2D eigenvalue weighted by Crippen LogP contribution is 2.24. The molecule has 3 rings (SSSR count). The van der Waals surface area contributed by atoms with Crippen molar-refractivity contribution in [2.24, 2.45) is 0 Å². The molecule has 0 radical (unpaired) electrons. The zero-order valence-corrected chi connectivity index (χ0v) is 14.6. The topological polar surface area (TPSA) is 83.6 Å². The lowest BCUT2D eigenvalue weighted by Gasteiger charge is -2.16. The summed E-state index contributed by atoms with van der Waals surface area (Å²) in [6.07, 6.45) is 0.517. The molecule has 3 aromatic rings. The molecule has 0 saturated carbocycles. The van der Waals surface area contributed by atoms with Crippen molar-refractivity contribution in [1.82, 2.24) is 20.6 Å². The average Bonchev–Trinajstić information content (AvgIpc) is 3.12. The highest BCUT2D eigenvalue weighted by atomic mass is 16.1. The molecule has 6 heteroatoms. The van der Waals surface area contributed by atoms with Gasteiger partial charge in [0.15, 0.2) is 5.82 Å². The van der Waals surface area contributed by atoms with Crippen LogP contribution < -0.4 is 5.32 Å². The summed E-state index contributed by atoms with van der Waals surface area (Å²) in [6, 6.07) is 13.9. The van der Waals surface area contributed by atoms with Gasteiger partial charge < -0.3 is 5.32 Å². The van der Waals surface area contributed by atoms with Gasteiger partial charge in [-0.1, -0.05) is 41.6 Å². The molecular formula is C19H21N5O. The fourth-order valence-corrected chi connectivity index (χ4v) is 2.78. The maximum atomic E-state index is 13.0. The lowest BCUT2D eigenvalue weighted by molar-refractivity contribution is -0.117. The van der Waals surface area contributed by atoms with Crippen LogP contribution in [0.15, 0.2) is 42.5 Å². The number of aryl methyl sites for hydroxylation is 2. The molecule has 1 amide bonds. The number of anilines is 1. The standard InChI is InChI=1S/C19H21N5O/c1-12-8-6-10-17(14(12)3)20-19(25)16(18-21-23-24-22-18)11-15-9-5-4-7-13(15)2/h4-10,16H,11H2,1-3H3,(H,20,25)(H,21,22,23,24). The number of tetrazole rings is 1. The second-order valence-corrected chi connectivity index (χ2v) is 6.19. The second-order valence-electron chi connectivity index (χ2n) is 6.19. The molecule has 1 aromatic heterocycles. The number of aromatic amines is 1. The van der Waals surface area contributed by atoms with Gasteiger partial charge in [0.1, 0.15) is 5.92 Å². The number of benzene rings is 2. The molecule has 1 heterocycles. The summed E-state index contributed by atoms with van der Waals surface area (Å²) in [4.78, 5) is 13.0. The van der Waals surface area contributed by atoms with Crippen LogP contribution in [0.5, 0.6) is 0 Å². The number of carbonyl (C=O) groups is 1. The number of H-pyrrole nitrogens is 1. The van der Waals surface area contributed by atoms with E-state index in [0.29, 0.717) is 12.2 Å². The Morgan fingerprint density at radius 3 is 2.56 bits per heavy atom. The van der Waals surface area contributed by atoms with E-state index in [1.54, 1.807) is 0 Å². The monoisotopic (exact) mass is 335 g/mol. The largest absolute Gasteiger partial charge is 0.325 e. The van der Waals surface area contributed by atoms with Crippen molar-refractivity contribution in [3.8, 4) is 0 Å². The first-order valence-electron chi connectivity index (χ1n) is 8.21. The number of hydrogen-bond acceptors (Lipinski definition) is 4. The Bertz CT molecular complexity index is 873. The van der Waals surface area contributed by atoms with Crippen molar-refractivity contribution in [3.63, 3.8) is 0 Å². The fraction of sp³-hybridized carbons (Fsp3) is 0.263. The maximum absolute atomic E-state index is 13.0. The molecule has 0 fully saturated rings. The highest BCUT2D eigenvalue weighted by Gasteiger charge is 2.26. The molecule has 0 spiro atoms. The van der Waals surface area contributed by atoms with Crippen molar-refractivity contribution in [2.75, 3.05) is 5.32 Å². The molecule has 128 valence electrons. The third-order valence-corrected chi connectivity index (χ3v) is 4.54. The number of amides is 1. The smallest absolute Gasteiger partial charge is 0.235 e. The van der Waals surface area contributed by atoms with Gasteiger partial charge in [-0.25, -0.2) is 0 Å². The third kappa shape index (κ3) is 3.74. The predicted octanol–water partition coefficient (Wildman–Crippen LogP) is 3.09. The number of hydrogen-bond donors (Lipinski definition) is 2. The molecule has 0 bridgehead atoms. The lowest BCUT2D eigenvalue weighted by Crippen LogP contribution is -2.25. The molecule has 6 nitrogen and oxygen atoms in total. The summed E-state index contributed by atoms with van der Waals surface area (Å²) in [5, 5.41) is 17.1. The van der Waals surface area contributed by atoms with E-state index in [1.807, 2.05) is 63.2 Å². The van der Waals surface area contributed by atoms with Crippen LogP contribution in [-0.4, -0.2) is 26.5 Å². The average molecular weight is 335 g/mol. The van der Waals surface area contributed by atoms with Gasteiger partial charge in [0.2, 0.25) is 5.91 Å². The Morgan fingerprint density at radius 1 is 1.08 bits per heavy atom. The summed E-state index contributed by atoms with van der Waals surface area (Å²) in [7, 11) is 0. The molecule has 0 saturated heterocycles. The van der Waals surface area contributed by atoms with Gasteiger partial charge in [0.05, 0.1) is 0 Å². The van der Waals surface area contributed by atoms with Crippen molar-refractivity contribution >= 4 is 11.6 Å². The van der Waals surface area contributed by atoms with Crippen LogP contribution in [0.4, 0.5) is 5.69 Å². The van der Waals surface area contributed by atoms with E-state index in [-0.39, 0.29) is 5.91 Å². The molecule has 2 N–H and O–H groups in total. The van der Waals surface area contributed by atoms with E-state index < -0.39 is 5.92 Å². The number of carbonyl (C=O) groups excluding carboxylic acids is 1. The first-order chi connectivity index (χ1) is 12.1. The van der Waals surface area contributed by atoms with Gasteiger partial charge >= 0.3 is 0 Å². The van der Waals surface area contributed by atoms with Gasteiger partial charge in [0, 0.05) is 5.69 Å². The Kier molecular flexibility index (Phi) is 4.88. The van der Waals surface area contributed by atoms with Crippen molar-refractivity contribution < 1.29 is 4.79 Å². The fourth-order valence-electron chi connectivity index (χ4n) is 2.78. The van der Waals surface area contributed by atoms with Crippen LogP contribution >= 0.6 is 0 Å². The lowest BCUT2D eigenvalue weighted by atomic mass is 9.94. The number of nitrogens with one attached hydrogen (secondary N) is 2. The zero-order valence-electron chi connectivity index (χ0n) is 14.6. The van der Waals surface area contributed by atoms with Gasteiger partial charge in [-0.05, 0) is 55.5 Å². The minimum Gasteiger partial charge on any atom is -0.325 e. The van der Waals surface area contributed by atoms with Gasteiger partial charge in [-0.15, -0.1) is 10.2 Å². The Balaban J connectivity index is 1.88. The first-order valence-corrected chi connectivity index (χ1v) is 8.21. The Labute approximate surface area is 146 Å². The molecule has 1 atom stereocenters. The minimum atomic E-state index is -0.514. The zero-order chi connectivity index (χ0) is 17.8. The summed E-state index contributed by atoms with van der Waals surface area (Å²) < 4.78 is 0. The van der Waals surface area contributed by atoms with E-state index in [0.717, 1.165) is 27.9 Å². The van der Waals surface area contributed by atoms with E-state index in [4.69, 9.17) is 0 Å². The normalized spacial score (nSPS) is 12.0. The SMILES string of the molecule is Cc1ccccc1CC(C(=O)Nc1cccc(C)c1C)c1nn[nH]n1. The number of aromatic nitrogens is 4. The first kappa shape index (κ1) is 16.8. The quantitative estimate of drug-likeness (QED) is 0.750. The van der Waals surface area contributed by atoms with Crippen LogP contribution in [0.25, 0.3) is 0 Å². The van der Waals surface area contributed by atoms with E-state index in [2.05, 4.69) is 25.9 Å². The molecule has 25 heavy (non-hydrogen) atoms. The van der Waals surface area contributed by atoms with Crippen LogP contribution in [-0.2, 0) is 11.2 Å². The van der Waals surface area contributed by atoms with Gasteiger partial charge in [-0.2, -0.15) is 5.21 Å². The van der Waals surface area contributed by atoms with Crippen molar-refractivity contribution in [1.29, 1.82) is 0 Å². The van der Waals surface area contributed by atoms with Gasteiger partial charge in [0.25, 0.3) is 0 Å². The van der Waals surface area contributed by atoms with Crippen LogP contribution in [0.1, 0.15) is 34.0 Å². The second kappa shape index (κ2) is 7.25. The van der Waals surface area contributed by atoms with Crippen LogP contribution in [0.2, 0.25) is 0 Å². The van der Waals surface area contributed by atoms with E-state index in [9.17, 15) is 4.79 Å². The minimum absolute atomic E-state index is 0.140. The molecular weight excluding hydrogens is 314 g/mol. The summed E-state index contributed by atoms with van der Waals surface area (Å²) in [6.45, 7) is 6.05. The Hall–Kier alpha value is -3.02. The third-order valence-electron chi connectivity index (χ3n) is 4.54. The summed E-state index contributed by atoms with van der Waals surface area (Å²) >= 11 is 0. The summed E-state index contributed by atoms with van der Waals surface area (Å²) in [5.74, 6) is -0.260. The summed E-state index contributed by atoms with van der Waals surface area (Å²) in [5.41, 5.74) is 5.22. The molecule has 0 aliphatic heterocycles. The van der Waals surface area contributed by atoms with Crippen molar-refractivity contribution in [2.45, 2.75) is 33.1 Å². The molecule has 1 unspecified atom stereocenters.